The molecule has 0 heterocycles. The van der Waals surface area contributed by atoms with Crippen LogP contribution in [0.15, 0.2) is 42.5 Å². The van der Waals surface area contributed by atoms with E-state index in [2.05, 4.69) is 48.5 Å². The number of carbonyl (C=O) groups excluding carboxylic acids is 2. The van der Waals surface area contributed by atoms with Crippen LogP contribution in [0.3, 0.4) is 0 Å². The molecule has 0 aliphatic carbocycles. The van der Waals surface area contributed by atoms with Crippen LogP contribution in [-0.2, 0) is 6.18 Å². The van der Waals surface area contributed by atoms with E-state index in [0.29, 0.717) is 36.4 Å². The van der Waals surface area contributed by atoms with Gasteiger partial charge in [-0.25, -0.2) is 4.79 Å². The van der Waals surface area contributed by atoms with Crippen LogP contribution in [0.5, 0.6) is 5.75 Å². The van der Waals surface area contributed by atoms with E-state index in [-0.39, 0.29) is 17.3 Å². The van der Waals surface area contributed by atoms with E-state index in [1.807, 2.05) is 0 Å². The Hall–Kier alpha value is -3.27. The van der Waals surface area contributed by atoms with Crippen LogP contribution in [0, 0.1) is 0 Å². The molecule has 7 nitrogen and oxygen atoms in total. The first-order chi connectivity index (χ1) is 15.9. The van der Waals surface area contributed by atoms with E-state index < -0.39 is 17.8 Å². The van der Waals surface area contributed by atoms with Gasteiger partial charge >= 0.3 is 12.2 Å². The lowest BCUT2D eigenvalue weighted by atomic mass is 10.1. The van der Waals surface area contributed by atoms with Crippen molar-refractivity contribution in [3.05, 3.63) is 53.6 Å². The second-order valence-electron chi connectivity index (χ2n) is 8.25. The van der Waals surface area contributed by atoms with Crippen LogP contribution in [0.25, 0.3) is 0 Å². The number of ether oxygens (including phenoxy) is 1. The molecule has 0 spiro atoms. The monoisotopic (exact) mass is 480 g/mol. The fraction of sp³-hybridized carbons (Fsp3) is 0.417. The Balaban J connectivity index is 1.98. The molecule has 2 rings (SSSR count). The molecule has 0 unspecified atom stereocenters. The summed E-state index contributed by atoms with van der Waals surface area (Å²) in [4.78, 5) is 27.1. The number of nitrogens with zero attached hydrogens (tertiary/aromatic N) is 1. The van der Waals surface area contributed by atoms with Crippen molar-refractivity contribution in [3.63, 3.8) is 0 Å². The Morgan fingerprint density at radius 1 is 0.941 bits per heavy atom. The summed E-state index contributed by atoms with van der Waals surface area (Å²) >= 11 is 0. The predicted molar refractivity (Wildman–Crippen MR) is 126 cm³/mol. The highest BCUT2D eigenvalue weighted by Crippen LogP contribution is 2.30. The van der Waals surface area contributed by atoms with Gasteiger partial charge in [0.15, 0.2) is 0 Å². The average Bonchev–Trinajstić information content (AvgIpc) is 2.75. The van der Waals surface area contributed by atoms with Crippen LogP contribution in [0.1, 0.15) is 43.6 Å². The van der Waals surface area contributed by atoms with E-state index >= 15 is 0 Å². The van der Waals surface area contributed by atoms with Crippen molar-refractivity contribution in [1.29, 1.82) is 0 Å². The molecule has 186 valence electrons. The van der Waals surface area contributed by atoms with Crippen LogP contribution < -0.4 is 20.7 Å². The number of nitrogens with one attached hydrogen (secondary N) is 3. The number of carbonyl (C=O) groups is 2. The second-order valence-corrected chi connectivity index (χ2v) is 8.25. The van der Waals surface area contributed by atoms with Crippen molar-refractivity contribution in [2.75, 3.05) is 30.8 Å². The number of rotatable bonds is 9. The number of hydrogen-bond donors (Lipinski definition) is 3. The Bertz CT molecular complexity index is 968. The van der Waals surface area contributed by atoms with Crippen molar-refractivity contribution in [3.8, 4) is 5.75 Å². The summed E-state index contributed by atoms with van der Waals surface area (Å²) in [6.45, 7) is 9.57. The molecule has 0 saturated heterocycles. The van der Waals surface area contributed by atoms with Gasteiger partial charge in [-0.2, -0.15) is 13.2 Å². The summed E-state index contributed by atoms with van der Waals surface area (Å²) in [6, 6.07) is 8.71. The van der Waals surface area contributed by atoms with Crippen LogP contribution in [0.2, 0.25) is 0 Å². The Labute approximate surface area is 197 Å². The third-order valence-electron chi connectivity index (χ3n) is 5.16. The summed E-state index contributed by atoms with van der Waals surface area (Å²) in [7, 11) is 1.41. The third kappa shape index (κ3) is 7.65. The van der Waals surface area contributed by atoms with E-state index in [9.17, 15) is 22.8 Å². The maximum atomic E-state index is 12.7. The van der Waals surface area contributed by atoms with Gasteiger partial charge in [-0.05, 0) is 64.1 Å². The second kappa shape index (κ2) is 11.7. The van der Waals surface area contributed by atoms with E-state index in [1.54, 1.807) is 0 Å². The molecular weight excluding hydrogens is 449 g/mol. The normalized spacial score (nSPS) is 11.6. The number of alkyl halides is 3. The van der Waals surface area contributed by atoms with Crippen LogP contribution in [0.4, 0.5) is 29.3 Å². The van der Waals surface area contributed by atoms with Gasteiger partial charge in [0.25, 0.3) is 5.91 Å². The quantitative estimate of drug-likeness (QED) is 0.460. The van der Waals surface area contributed by atoms with Crippen molar-refractivity contribution in [2.24, 2.45) is 0 Å². The van der Waals surface area contributed by atoms with Crippen molar-refractivity contribution < 1.29 is 27.5 Å². The minimum absolute atomic E-state index is 0.199. The number of methoxy groups -OCH3 is 1. The maximum Gasteiger partial charge on any atom is 0.416 e. The van der Waals surface area contributed by atoms with Gasteiger partial charge in [-0.1, -0.05) is 0 Å². The van der Waals surface area contributed by atoms with Gasteiger partial charge in [0.2, 0.25) is 0 Å². The van der Waals surface area contributed by atoms with Crippen LogP contribution >= 0.6 is 0 Å². The zero-order valence-electron chi connectivity index (χ0n) is 19.9. The highest BCUT2D eigenvalue weighted by molar-refractivity contribution is 6.01. The molecule has 0 saturated carbocycles. The molecule has 0 aromatic heterocycles. The first-order valence-electron chi connectivity index (χ1n) is 10.9. The predicted octanol–water partition coefficient (Wildman–Crippen LogP) is 5.21. The smallest absolute Gasteiger partial charge is 0.416 e. The number of halogens is 3. The van der Waals surface area contributed by atoms with Crippen molar-refractivity contribution in [2.45, 2.75) is 46.0 Å². The maximum absolute atomic E-state index is 12.7. The molecule has 0 atom stereocenters. The lowest BCUT2D eigenvalue weighted by Crippen LogP contribution is -2.42. The number of urea groups is 1. The van der Waals surface area contributed by atoms with E-state index in [0.717, 1.165) is 24.3 Å². The van der Waals surface area contributed by atoms with Crippen molar-refractivity contribution >= 4 is 23.3 Å². The molecule has 3 amide bonds. The van der Waals surface area contributed by atoms with Gasteiger partial charge in [0, 0.05) is 42.6 Å². The number of hydrogen-bond acceptors (Lipinski definition) is 4. The molecule has 0 radical (unpaired) electrons. The molecule has 10 heteroatoms. The number of amides is 3. The van der Waals surface area contributed by atoms with Gasteiger partial charge in [-0.15, -0.1) is 0 Å². The van der Waals surface area contributed by atoms with E-state index in [1.165, 1.54) is 25.3 Å². The Kier molecular flexibility index (Phi) is 9.31. The zero-order valence-corrected chi connectivity index (χ0v) is 19.9. The highest BCUT2D eigenvalue weighted by Gasteiger charge is 2.30. The SMILES string of the molecule is COc1cc(NC(=O)Nc2ccc(C(F)(F)F)cc2)ccc1C(=O)NCCN(C(C)C)C(C)C. The van der Waals surface area contributed by atoms with Crippen LogP contribution in [-0.4, -0.2) is 49.1 Å². The summed E-state index contributed by atoms with van der Waals surface area (Å²) in [5, 5.41) is 7.91. The Morgan fingerprint density at radius 3 is 2.03 bits per heavy atom. The molecule has 0 aliphatic heterocycles. The van der Waals surface area contributed by atoms with Gasteiger partial charge in [0.1, 0.15) is 5.75 Å². The lowest BCUT2D eigenvalue weighted by molar-refractivity contribution is -0.137. The van der Waals surface area contributed by atoms with Gasteiger partial charge < -0.3 is 20.7 Å². The molecular formula is C24H31F3N4O3. The first kappa shape index (κ1) is 27.0. The standard InChI is InChI=1S/C24H31F3N4O3/c1-15(2)31(16(3)4)13-12-28-22(32)20-11-10-19(14-21(20)34-5)30-23(33)29-18-8-6-17(7-9-18)24(25,26)27/h6-11,14-16H,12-13H2,1-5H3,(H,28,32)(H2,29,30,33). The molecule has 3 N–H and O–H groups in total. The number of anilines is 2. The van der Waals surface area contributed by atoms with E-state index in [4.69, 9.17) is 4.74 Å². The van der Waals surface area contributed by atoms with Gasteiger partial charge in [-0.3, -0.25) is 9.69 Å². The first-order valence-corrected chi connectivity index (χ1v) is 10.9. The summed E-state index contributed by atoms with van der Waals surface area (Å²) in [5.74, 6) is -0.0283. The molecule has 0 aliphatic rings. The average molecular weight is 481 g/mol. The third-order valence-corrected chi connectivity index (χ3v) is 5.16. The topological polar surface area (TPSA) is 82.7 Å². The summed E-state index contributed by atoms with van der Waals surface area (Å²) < 4.78 is 43.3. The largest absolute Gasteiger partial charge is 0.496 e. The molecule has 34 heavy (non-hydrogen) atoms. The molecule has 2 aromatic carbocycles. The summed E-state index contributed by atoms with van der Waals surface area (Å²) in [5.41, 5.74) is 0.0592. The highest BCUT2D eigenvalue weighted by atomic mass is 19.4. The fourth-order valence-corrected chi connectivity index (χ4v) is 3.50. The minimum Gasteiger partial charge on any atom is -0.496 e. The molecule has 0 bridgehead atoms. The minimum atomic E-state index is -4.45. The Morgan fingerprint density at radius 2 is 1.50 bits per heavy atom. The summed E-state index contributed by atoms with van der Waals surface area (Å²) in [6.07, 6.45) is -4.45. The fourth-order valence-electron chi connectivity index (χ4n) is 3.50. The number of benzene rings is 2. The van der Waals surface area contributed by atoms with Crippen molar-refractivity contribution in [1.82, 2.24) is 10.2 Å². The lowest BCUT2D eigenvalue weighted by Gasteiger charge is -2.30. The zero-order chi connectivity index (χ0) is 25.5. The molecule has 2 aromatic rings. The molecule has 0 fully saturated rings. The van der Waals surface area contributed by atoms with Gasteiger partial charge in [0.05, 0.1) is 18.2 Å².